The number of fused-ring (bicyclic) bond motifs is 1. The van der Waals surface area contributed by atoms with Crippen molar-refractivity contribution in [3.05, 3.63) is 65.2 Å². The number of hydrogen-bond donors (Lipinski definition) is 2. The maximum atomic E-state index is 13.1. The Morgan fingerprint density at radius 2 is 1.89 bits per heavy atom. The summed E-state index contributed by atoms with van der Waals surface area (Å²) in [6.45, 7) is 6.03. The molecule has 0 spiro atoms. The van der Waals surface area contributed by atoms with Crippen LogP contribution in [0.2, 0.25) is 0 Å². The van der Waals surface area contributed by atoms with Crippen molar-refractivity contribution in [3.63, 3.8) is 0 Å². The monoisotopic (exact) mass is 367 g/mol. The van der Waals surface area contributed by atoms with Crippen molar-refractivity contribution in [2.45, 2.75) is 45.3 Å². The van der Waals surface area contributed by atoms with E-state index in [1.54, 1.807) is 18.2 Å². The van der Waals surface area contributed by atoms with E-state index in [4.69, 9.17) is 4.74 Å². The Morgan fingerprint density at radius 3 is 2.56 bits per heavy atom. The Kier molecular flexibility index (Phi) is 5.33. The number of anilines is 1. The Hall–Kier alpha value is -2.66. The second-order valence-electron chi connectivity index (χ2n) is 7.56. The number of amides is 1. The second kappa shape index (κ2) is 7.53. The van der Waals surface area contributed by atoms with Gasteiger partial charge in [0.1, 0.15) is 12.2 Å². The first-order valence-corrected chi connectivity index (χ1v) is 9.20. The zero-order valence-corrected chi connectivity index (χ0v) is 15.9. The van der Waals surface area contributed by atoms with E-state index in [-0.39, 0.29) is 24.4 Å². The minimum atomic E-state index is -1.55. The minimum absolute atomic E-state index is 0.137. The molecule has 142 valence electrons. The van der Waals surface area contributed by atoms with Crippen LogP contribution in [-0.4, -0.2) is 22.6 Å². The lowest BCUT2D eigenvalue weighted by Crippen LogP contribution is -2.48. The fourth-order valence-corrected chi connectivity index (χ4v) is 3.56. The van der Waals surface area contributed by atoms with Gasteiger partial charge < -0.3 is 15.2 Å². The van der Waals surface area contributed by atoms with E-state index in [0.29, 0.717) is 17.7 Å². The van der Waals surface area contributed by atoms with Gasteiger partial charge in [-0.1, -0.05) is 51.1 Å². The van der Waals surface area contributed by atoms with E-state index in [2.05, 4.69) is 5.32 Å². The summed E-state index contributed by atoms with van der Waals surface area (Å²) in [6, 6.07) is 14.6. The zero-order chi connectivity index (χ0) is 19.6. The maximum absolute atomic E-state index is 13.1. The summed E-state index contributed by atoms with van der Waals surface area (Å²) < 4.78 is 5.00. The number of aliphatic hydroxyl groups is 1. The first-order chi connectivity index (χ1) is 12.8. The molecule has 2 aromatic carbocycles. The first-order valence-electron chi connectivity index (χ1n) is 9.20. The van der Waals surface area contributed by atoms with E-state index in [9.17, 15) is 14.7 Å². The van der Waals surface area contributed by atoms with Gasteiger partial charge in [0.2, 0.25) is 0 Å². The number of carbonyl (C=O) groups excluding carboxylic acids is 2. The van der Waals surface area contributed by atoms with Gasteiger partial charge >= 0.3 is 5.97 Å². The van der Waals surface area contributed by atoms with Crippen LogP contribution in [-0.2, 0) is 16.1 Å². The molecular formula is C22H25NO4. The van der Waals surface area contributed by atoms with Gasteiger partial charge in [0.15, 0.2) is 0 Å². The summed E-state index contributed by atoms with van der Waals surface area (Å²) in [6.07, 6.45) is 0.335. The van der Waals surface area contributed by atoms with Crippen LogP contribution in [0.15, 0.2) is 48.5 Å². The van der Waals surface area contributed by atoms with Gasteiger partial charge in [-0.05, 0) is 36.1 Å². The number of carbonyl (C=O) groups is 2. The van der Waals surface area contributed by atoms with Gasteiger partial charge in [-0.15, -0.1) is 0 Å². The summed E-state index contributed by atoms with van der Waals surface area (Å²) in [5, 5.41) is 14.2. The largest absolute Gasteiger partial charge is 0.457 e. The smallest absolute Gasteiger partial charge is 0.338 e. The quantitative estimate of drug-likeness (QED) is 0.760. The van der Waals surface area contributed by atoms with Gasteiger partial charge in [-0.25, -0.2) is 4.79 Å². The summed E-state index contributed by atoms with van der Waals surface area (Å²) in [5.74, 6) is -1.03. The molecule has 2 unspecified atom stereocenters. The molecule has 1 aliphatic rings. The second-order valence-corrected chi connectivity index (χ2v) is 7.56. The SMILES string of the molecule is CC(C)CC(O)(C(=O)Nc1ccc2c(c1)COC2=O)C(C)c1ccccc1. The predicted octanol–water partition coefficient (Wildman–Crippen LogP) is 3.88. The highest BCUT2D eigenvalue weighted by Gasteiger charge is 2.42. The fraction of sp³-hybridized carbons (Fsp3) is 0.364. The van der Waals surface area contributed by atoms with Crippen LogP contribution in [0, 0.1) is 5.92 Å². The molecule has 2 aromatic rings. The molecule has 3 rings (SSSR count). The highest BCUT2D eigenvalue weighted by Crippen LogP contribution is 2.35. The van der Waals surface area contributed by atoms with Gasteiger partial charge in [-0.2, -0.15) is 0 Å². The third-order valence-electron chi connectivity index (χ3n) is 5.07. The molecule has 27 heavy (non-hydrogen) atoms. The van der Waals surface area contributed by atoms with Crippen LogP contribution in [0.3, 0.4) is 0 Å². The summed E-state index contributed by atoms with van der Waals surface area (Å²) in [7, 11) is 0. The molecule has 2 atom stereocenters. The average molecular weight is 367 g/mol. The predicted molar refractivity (Wildman–Crippen MR) is 103 cm³/mol. The van der Waals surface area contributed by atoms with E-state index in [1.807, 2.05) is 51.1 Å². The molecule has 0 fully saturated rings. The lowest BCUT2D eigenvalue weighted by Gasteiger charge is -2.34. The van der Waals surface area contributed by atoms with Crippen molar-refractivity contribution in [2.24, 2.45) is 5.92 Å². The summed E-state index contributed by atoms with van der Waals surface area (Å²) in [5.41, 5.74) is 1.15. The van der Waals surface area contributed by atoms with E-state index in [1.165, 1.54) is 0 Å². The maximum Gasteiger partial charge on any atom is 0.338 e. The van der Waals surface area contributed by atoms with Gasteiger partial charge in [0, 0.05) is 17.2 Å². The Morgan fingerprint density at radius 1 is 1.19 bits per heavy atom. The van der Waals surface area contributed by atoms with E-state index < -0.39 is 11.5 Å². The lowest BCUT2D eigenvalue weighted by atomic mass is 9.77. The van der Waals surface area contributed by atoms with Crippen molar-refractivity contribution < 1.29 is 19.4 Å². The normalized spacial score (nSPS) is 16.4. The summed E-state index contributed by atoms with van der Waals surface area (Å²) >= 11 is 0. The molecule has 0 aromatic heterocycles. The number of rotatable bonds is 6. The van der Waals surface area contributed by atoms with Crippen molar-refractivity contribution >= 4 is 17.6 Å². The van der Waals surface area contributed by atoms with Gasteiger partial charge in [0.05, 0.1) is 5.56 Å². The van der Waals surface area contributed by atoms with Crippen LogP contribution in [0.5, 0.6) is 0 Å². The zero-order valence-electron chi connectivity index (χ0n) is 15.9. The number of cyclic esters (lactones) is 1. The molecule has 0 bridgehead atoms. The number of nitrogens with one attached hydrogen (secondary N) is 1. The van der Waals surface area contributed by atoms with E-state index in [0.717, 1.165) is 11.1 Å². The highest BCUT2D eigenvalue weighted by molar-refractivity contribution is 5.99. The fourth-order valence-electron chi connectivity index (χ4n) is 3.56. The minimum Gasteiger partial charge on any atom is -0.457 e. The molecule has 2 N–H and O–H groups in total. The molecule has 0 saturated carbocycles. The van der Waals surface area contributed by atoms with Crippen molar-refractivity contribution in [1.29, 1.82) is 0 Å². The Balaban J connectivity index is 1.86. The summed E-state index contributed by atoms with van der Waals surface area (Å²) in [4.78, 5) is 24.7. The molecule has 5 nitrogen and oxygen atoms in total. The number of ether oxygens (including phenoxy) is 1. The topological polar surface area (TPSA) is 75.6 Å². The molecule has 1 aliphatic heterocycles. The van der Waals surface area contributed by atoms with Crippen LogP contribution in [0.25, 0.3) is 0 Å². The van der Waals surface area contributed by atoms with Crippen molar-refractivity contribution in [1.82, 2.24) is 0 Å². The number of hydrogen-bond acceptors (Lipinski definition) is 4. The highest BCUT2D eigenvalue weighted by atomic mass is 16.5. The first kappa shape index (κ1) is 19.1. The van der Waals surface area contributed by atoms with Crippen LogP contribution in [0.1, 0.15) is 54.6 Å². The third kappa shape index (κ3) is 3.88. The molecule has 0 radical (unpaired) electrons. The standard InChI is InChI=1S/C22H25NO4/c1-14(2)12-22(26,15(3)16-7-5-4-6-8-16)21(25)23-18-9-10-19-17(11-18)13-27-20(19)24/h4-11,14-15,26H,12-13H2,1-3H3,(H,23,25). The van der Waals surface area contributed by atoms with Crippen LogP contribution >= 0.6 is 0 Å². The molecule has 5 heteroatoms. The number of esters is 1. The Bertz CT molecular complexity index is 847. The lowest BCUT2D eigenvalue weighted by molar-refractivity contribution is -0.138. The van der Waals surface area contributed by atoms with Crippen molar-refractivity contribution in [2.75, 3.05) is 5.32 Å². The molecule has 0 saturated heterocycles. The number of benzene rings is 2. The van der Waals surface area contributed by atoms with Crippen LogP contribution in [0.4, 0.5) is 5.69 Å². The van der Waals surface area contributed by atoms with Gasteiger partial charge in [-0.3, -0.25) is 4.79 Å². The molecule has 1 amide bonds. The Labute approximate surface area is 159 Å². The molecule has 1 heterocycles. The molecular weight excluding hydrogens is 342 g/mol. The average Bonchev–Trinajstić information content (AvgIpc) is 3.01. The third-order valence-corrected chi connectivity index (χ3v) is 5.07. The van der Waals surface area contributed by atoms with Crippen molar-refractivity contribution in [3.8, 4) is 0 Å². The van der Waals surface area contributed by atoms with E-state index >= 15 is 0 Å². The van der Waals surface area contributed by atoms with Gasteiger partial charge in [0.25, 0.3) is 5.91 Å². The van der Waals surface area contributed by atoms with Crippen LogP contribution < -0.4 is 5.32 Å². The molecule has 0 aliphatic carbocycles.